The summed E-state index contributed by atoms with van der Waals surface area (Å²) in [7, 11) is 0. The van der Waals surface area contributed by atoms with Crippen molar-refractivity contribution in [1.29, 1.82) is 0 Å². The molecule has 0 aromatic rings. The van der Waals surface area contributed by atoms with Crippen molar-refractivity contribution in [2.45, 2.75) is 51.7 Å². The number of thiol groups is 1. The van der Waals surface area contributed by atoms with Crippen molar-refractivity contribution in [3.8, 4) is 0 Å². The van der Waals surface area contributed by atoms with Gasteiger partial charge in [0.15, 0.2) is 0 Å². The molecule has 0 heterocycles. The second-order valence-corrected chi connectivity index (χ2v) is 5.49. The number of carbonyl (C=O) groups excluding carboxylic acids is 1. The molecule has 3 heteroatoms. The van der Waals surface area contributed by atoms with Crippen molar-refractivity contribution in [1.82, 2.24) is 0 Å². The van der Waals surface area contributed by atoms with Crippen molar-refractivity contribution < 1.29 is 9.53 Å². The van der Waals surface area contributed by atoms with Crippen molar-refractivity contribution >= 4 is 18.6 Å². The van der Waals surface area contributed by atoms with Gasteiger partial charge in [0.25, 0.3) is 0 Å². The molecule has 0 amide bonds. The lowest BCUT2D eigenvalue weighted by Crippen LogP contribution is -2.19. The van der Waals surface area contributed by atoms with Gasteiger partial charge in [-0.15, -0.1) is 0 Å². The molecule has 0 rings (SSSR count). The lowest BCUT2D eigenvalue weighted by molar-refractivity contribution is -0.141. The van der Waals surface area contributed by atoms with Crippen LogP contribution < -0.4 is 0 Å². The highest BCUT2D eigenvalue weighted by atomic mass is 32.1. The predicted molar refractivity (Wildman–Crippen MR) is 67.3 cm³/mol. The molecule has 15 heavy (non-hydrogen) atoms. The number of rotatable bonds is 6. The molecule has 0 aliphatic heterocycles. The van der Waals surface area contributed by atoms with E-state index in [1.807, 2.05) is 0 Å². The van der Waals surface area contributed by atoms with Crippen LogP contribution in [0.5, 0.6) is 0 Å². The zero-order valence-corrected chi connectivity index (χ0v) is 11.1. The van der Waals surface area contributed by atoms with E-state index in [2.05, 4.69) is 39.5 Å². The Labute approximate surface area is 98.5 Å². The van der Waals surface area contributed by atoms with Crippen molar-refractivity contribution in [2.75, 3.05) is 6.61 Å². The average molecular weight is 230 g/mol. The molecule has 88 valence electrons. The maximum Gasteiger partial charge on any atom is 0.302 e. The van der Waals surface area contributed by atoms with Crippen LogP contribution in [0.4, 0.5) is 0 Å². The summed E-state index contributed by atoms with van der Waals surface area (Å²) in [5, 5.41) is 0. The Morgan fingerprint density at radius 3 is 2.40 bits per heavy atom. The first kappa shape index (κ1) is 14.6. The van der Waals surface area contributed by atoms with Gasteiger partial charge in [-0.3, -0.25) is 4.79 Å². The van der Waals surface area contributed by atoms with E-state index in [-0.39, 0.29) is 10.7 Å². The fourth-order valence-corrected chi connectivity index (χ4v) is 1.43. The molecule has 2 nitrogen and oxygen atoms in total. The van der Waals surface area contributed by atoms with Crippen LogP contribution in [0.3, 0.4) is 0 Å². The zero-order chi connectivity index (χ0) is 11.9. The van der Waals surface area contributed by atoms with Gasteiger partial charge in [-0.05, 0) is 33.1 Å². The quantitative estimate of drug-likeness (QED) is 0.430. The molecule has 0 radical (unpaired) electrons. The number of allylic oxidation sites excluding steroid dienone is 2. The summed E-state index contributed by atoms with van der Waals surface area (Å²) in [6, 6.07) is 0. The van der Waals surface area contributed by atoms with Gasteiger partial charge in [-0.2, -0.15) is 12.6 Å². The molecule has 0 spiro atoms. The van der Waals surface area contributed by atoms with Crippen molar-refractivity contribution in [3.05, 3.63) is 11.6 Å². The van der Waals surface area contributed by atoms with Crippen molar-refractivity contribution in [2.24, 2.45) is 0 Å². The van der Waals surface area contributed by atoms with Crippen LogP contribution in [0.25, 0.3) is 0 Å². The average Bonchev–Trinajstić information content (AvgIpc) is 2.01. The molecule has 0 aliphatic carbocycles. The van der Waals surface area contributed by atoms with Crippen LogP contribution in [-0.2, 0) is 9.53 Å². The Hall–Kier alpha value is -0.440. The van der Waals surface area contributed by atoms with E-state index < -0.39 is 0 Å². The van der Waals surface area contributed by atoms with Crippen LogP contribution >= 0.6 is 12.6 Å². The van der Waals surface area contributed by atoms with Crippen LogP contribution in [0.2, 0.25) is 0 Å². The zero-order valence-electron chi connectivity index (χ0n) is 10.2. The molecular formula is C12H22O2S. The first-order valence-corrected chi connectivity index (χ1v) is 5.77. The highest BCUT2D eigenvalue weighted by Crippen LogP contribution is 2.25. The number of hydrogen-bond acceptors (Lipinski definition) is 3. The third-order valence-corrected chi connectivity index (χ3v) is 2.63. The van der Waals surface area contributed by atoms with Crippen LogP contribution in [-0.4, -0.2) is 17.3 Å². The summed E-state index contributed by atoms with van der Waals surface area (Å²) in [5.41, 5.74) is 1.33. The largest absolute Gasteiger partial charge is 0.466 e. The summed E-state index contributed by atoms with van der Waals surface area (Å²) in [6.07, 6.45) is 5.04. The Balaban J connectivity index is 3.76. The third-order valence-electron chi connectivity index (χ3n) is 2.18. The number of esters is 1. The van der Waals surface area contributed by atoms with E-state index in [0.717, 1.165) is 19.3 Å². The molecule has 0 saturated heterocycles. The highest BCUT2D eigenvalue weighted by Gasteiger charge is 2.18. The fraction of sp³-hybridized carbons (Fsp3) is 0.750. The van der Waals surface area contributed by atoms with E-state index in [9.17, 15) is 4.79 Å². The Morgan fingerprint density at radius 2 is 1.93 bits per heavy atom. The van der Waals surface area contributed by atoms with Gasteiger partial charge in [0, 0.05) is 11.7 Å². The van der Waals surface area contributed by atoms with Gasteiger partial charge in [0.1, 0.15) is 0 Å². The molecule has 0 fully saturated rings. The minimum Gasteiger partial charge on any atom is -0.466 e. The molecule has 1 atom stereocenters. The van der Waals surface area contributed by atoms with Gasteiger partial charge in [0.2, 0.25) is 0 Å². The van der Waals surface area contributed by atoms with Gasteiger partial charge >= 0.3 is 5.97 Å². The van der Waals surface area contributed by atoms with Crippen LogP contribution in [0.15, 0.2) is 11.6 Å². The Morgan fingerprint density at radius 1 is 1.33 bits per heavy atom. The maximum atomic E-state index is 10.6. The minimum absolute atomic E-state index is 0.0542. The Kier molecular flexibility index (Phi) is 6.73. The molecule has 0 aliphatic rings. The highest BCUT2D eigenvalue weighted by molar-refractivity contribution is 7.81. The second kappa shape index (κ2) is 6.94. The smallest absolute Gasteiger partial charge is 0.302 e. The molecule has 0 aromatic carbocycles. The first-order chi connectivity index (χ1) is 6.83. The summed E-state index contributed by atoms with van der Waals surface area (Å²) in [5.74, 6) is -0.219. The van der Waals surface area contributed by atoms with Crippen LogP contribution in [0, 0.1) is 0 Å². The number of hydrogen-bond donors (Lipinski definition) is 1. The lowest BCUT2D eigenvalue weighted by Gasteiger charge is -2.22. The van der Waals surface area contributed by atoms with Crippen LogP contribution in [0.1, 0.15) is 47.0 Å². The molecule has 0 saturated carbocycles. The van der Waals surface area contributed by atoms with Gasteiger partial charge in [0.05, 0.1) is 6.61 Å². The molecule has 0 bridgehead atoms. The summed E-state index contributed by atoms with van der Waals surface area (Å²) in [6.45, 7) is 8.16. The molecular weight excluding hydrogens is 208 g/mol. The normalized spacial score (nSPS) is 14.2. The van der Waals surface area contributed by atoms with E-state index >= 15 is 0 Å². The summed E-state index contributed by atoms with van der Waals surface area (Å²) >= 11 is 4.57. The van der Waals surface area contributed by atoms with Crippen molar-refractivity contribution in [3.63, 3.8) is 0 Å². The SMILES string of the molecule is CC(=O)OCCC(C)(S)CCC=C(C)C. The van der Waals surface area contributed by atoms with Gasteiger partial charge in [-0.25, -0.2) is 0 Å². The third kappa shape index (κ3) is 9.85. The first-order valence-electron chi connectivity index (χ1n) is 5.32. The predicted octanol–water partition coefficient (Wildman–Crippen LogP) is 3.37. The topological polar surface area (TPSA) is 26.3 Å². The molecule has 0 aromatic heterocycles. The number of ether oxygens (including phenoxy) is 1. The van der Waals surface area contributed by atoms with E-state index in [1.54, 1.807) is 0 Å². The van der Waals surface area contributed by atoms with E-state index in [0.29, 0.717) is 6.61 Å². The molecule has 1 unspecified atom stereocenters. The summed E-state index contributed by atoms with van der Waals surface area (Å²) in [4.78, 5) is 10.6. The van der Waals surface area contributed by atoms with Gasteiger partial charge < -0.3 is 4.74 Å². The number of carbonyl (C=O) groups is 1. The van der Waals surface area contributed by atoms with Gasteiger partial charge in [-0.1, -0.05) is 18.6 Å². The Bertz CT molecular complexity index is 228. The molecule has 0 N–H and O–H groups in total. The maximum absolute atomic E-state index is 10.6. The minimum atomic E-state index is -0.219. The second-order valence-electron chi connectivity index (χ2n) is 4.41. The lowest BCUT2D eigenvalue weighted by atomic mass is 10.0. The summed E-state index contributed by atoms with van der Waals surface area (Å²) < 4.78 is 4.85. The fourth-order valence-electron chi connectivity index (χ4n) is 1.21. The van der Waals surface area contributed by atoms with E-state index in [1.165, 1.54) is 12.5 Å². The van der Waals surface area contributed by atoms with E-state index in [4.69, 9.17) is 4.74 Å². The standard InChI is InChI=1S/C12H22O2S/c1-10(2)6-5-7-12(4,15)8-9-14-11(3)13/h6,15H,5,7-9H2,1-4H3. The monoisotopic (exact) mass is 230 g/mol.